The molecular weight excluding hydrogens is 554 g/mol. The van der Waals surface area contributed by atoms with Gasteiger partial charge in [0.1, 0.15) is 11.4 Å². The van der Waals surface area contributed by atoms with Crippen molar-refractivity contribution < 1.29 is 23.8 Å². The molecular formula is C36H41N3O5. The number of allylic oxidation sites excluding steroid dienone is 1. The molecule has 8 heteroatoms. The molecule has 1 aliphatic heterocycles. The quantitative estimate of drug-likeness (QED) is 0.212. The molecule has 0 spiro atoms. The van der Waals surface area contributed by atoms with Crippen LogP contribution in [-0.2, 0) is 23.1 Å². The molecule has 230 valence electrons. The molecule has 2 aromatic carbocycles. The molecule has 0 amide bonds. The van der Waals surface area contributed by atoms with Gasteiger partial charge in [0.15, 0.2) is 5.69 Å². The third-order valence-corrected chi connectivity index (χ3v) is 8.63. The third-order valence-electron chi connectivity index (χ3n) is 8.63. The molecule has 0 N–H and O–H groups in total. The van der Waals surface area contributed by atoms with Gasteiger partial charge in [-0.3, -0.25) is 0 Å². The van der Waals surface area contributed by atoms with Gasteiger partial charge in [0.05, 0.1) is 43.5 Å². The molecule has 0 radical (unpaired) electrons. The SMILES string of the molecule is CCOC(=O)c1ncn(C)c1C1=Cc2cc(OC)ccc2-c2c(C3CCCCC3)c3ccc(C(=O)OC(C)(C)C)cc3n2C1. The van der Waals surface area contributed by atoms with Crippen molar-refractivity contribution in [3.8, 4) is 17.0 Å². The summed E-state index contributed by atoms with van der Waals surface area (Å²) in [4.78, 5) is 30.8. The van der Waals surface area contributed by atoms with E-state index >= 15 is 0 Å². The molecule has 2 aliphatic rings. The zero-order valence-corrected chi connectivity index (χ0v) is 26.5. The second kappa shape index (κ2) is 11.6. The fourth-order valence-electron chi connectivity index (χ4n) is 6.81. The summed E-state index contributed by atoms with van der Waals surface area (Å²) in [7, 11) is 3.57. The molecule has 2 aromatic heterocycles. The molecule has 1 fully saturated rings. The normalized spacial score (nSPS) is 15.3. The standard InChI is InChI=1S/C36H41N3O5/c1-7-43-35(41)31-32(38(5)21-37-31)25-17-24-18-26(42-6)14-16-27(24)33-30(22-11-9-8-10-12-22)28-15-13-23(19-29(28)39(33)20-25)34(40)44-36(2,3)4/h13-19,21-22H,7-12,20H2,1-6H3. The maximum atomic E-state index is 13.3. The van der Waals surface area contributed by atoms with Gasteiger partial charge in [0.2, 0.25) is 0 Å². The van der Waals surface area contributed by atoms with Crippen LogP contribution in [0.2, 0.25) is 0 Å². The smallest absolute Gasteiger partial charge is 0.359 e. The zero-order chi connectivity index (χ0) is 31.2. The lowest BCUT2D eigenvalue weighted by atomic mass is 9.81. The maximum absolute atomic E-state index is 13.3. The van der Waals surface area contributed by atoms with E-state index in [2.05, 4.69) is 33.8 Å². The van der Waals surface area contributed by atoms with Gasteiger partial charge >= 0.3 is 11.9 Å². The van der Waals surface area contributed by atoms with E-state index in [0.717, 1.165) is 51.9 Å². The summed E-state index contributed by atoms with van der Waals surface area (Å²) >= 11 is 0. The van der Waals surface area contributed by atoms with Gasteiger partial charge in [-0.25, -0.2) is 14.6 Å². The summed E-state index contributed by atoms with van der Waals surface area (Å²) in [5, 5.41) is 1.15. The maximum Gasteiger partial charge on any atom is 0.359 e. The molecule has 3 heterocycles. The molecule has 44 heavy (non-hydrogen) atoms. The topological polar surface area (TPSA) is 84.6 Å². The number of ether oxygens (including phenoxy) is 3. The second-order valence-corrected chi connectivity index (χ2v) is 12.8. The van der Waals surface area contributed by atoms with Crippen LogP contribution in [0.3, 0.4) is 0 Å². The monoisotopic (exact) mass is 595 g/mol. The summed E-state index contributed by atoms with van der Waals surface area (Å²) < 4.78 is 21.0. The van der Waals surface area contributed by atoms with Crippen LogP contribution in [0.4, 0.5) is 0 Å². The minimum atomic E-state index is -0.605. The third kappa shape index (κ3) is 5.42. The first-order valence-corrected chi connectivity index (χ1v) is 15.6. The molecule has 1 aliphatic carbocycles. The minimum Gasteiger partial charge on any atom is -0.497 e. The number of fused-ring (bicyclic) bond motifs is 5. The van der Waals surface area contributed by atoms with Crippen LogP contribution in [0.25, 0.3) is 33.8 Å². The molecule has 0 saturated heterocycles. The van der Waals surface area contributed by atoms with Crippen molar-refractivity contribution >= 4 is 34.5 Å². The van der Waals surface area contributed by atoms with Gasteiger partial charge in [0, 0.05) is 23.5 Å². The van der Waals surface area contributed by atoms with Gasteiger partial charge in [0.25, 0.3) is 0 Å². The largest absolute Gasteiger partial charge is 0.497 e. The Balaban J connectivity index is 1.64. The number of aryl methyl sites for hydroxylation is 1. The van der Waals surface area contributed by atoms with E-state index in [1.165, 1.54) is 24.8 Å². The van der Waals surface area contributed by atoms with E-state index < -0.39 is 11.6 Å². The number of hydrogen-bond donors (Lipinski definition) is 0. The van der Waals surface area contributed by atoms with Crippen LogP contribution >= 0.6 is 0 Å². The second-order valence-electron chi connectivity index (χ2n) is 12.8. The molecule has 1 saturated carbocycles. The fourth-order valence-corrected chi connectivity index (χ4v) is 6.81. The van der Waals surface area contributed by atoms with Crippen molar-refractivity contribution in [2.75, 3.05) is 13.7 Å². The average Bonchev–Trinajstić information content (AvgIpc) is 3.48. The number of rotatable bonds is 6. The molecule has 0 unspecified atom stereocenters. The number of hydrogen-bond acceptors (Lipinski definition) is 6. The Hall–Kier alpha value is -4.33. The van der Waals surface area contributed by atoms with E-state index in [1.54, 1.807) is 20.4 Å². The van der Waals surface area contributed by atoms with Crippen molar-refractivity contribution in [3.05, 3.63) is 70.8 Å². The van der Waals surface area contributed by atoms with E-state index in [9.17, 15) is 9.59 Å². The first kappa shape index (κ1) is 29.7. The number of methoxy groups -OCH3 is 1. The average molecular weight is 596 g/mol. The predicted molar refractivity (Wildman–Crippen MR) is 172 cm³/mol. The van der Waals surface area contributed by atoms with E-state index in [0.29, 0.717) is 23.7 Å². The number of nitrogens with zero attached hydrogens (tertiary/aromatic N) is 3. The van der Waals surface area contributed by atoms with Crippen LogP contribution < -0.4 is 4.74 Å². The molecule has 0 atom stereocenters. The van der Waals surface area contributed by atoms with Gasteiger partial charge in [-0.05, 0) is 99.6 Å². The lowest BCUT2D eigenvalue weighted by Gasteiger charge is -2.24. The Morgan fingerprint density at radius 2 is 1.77 bits per heavy atom. The Morgan fingerprint density at radius 1 is 1.00 bits per heavy atom. The summed E-state index contributed by atoms with van der Waals surface area (Å²) in [6.45, 7) is 8.17. The Morgan fingerprint density at radius 3 is 2.48 bits per heavy atom. The lowest BCUT2D eigenvalue weighted by molar-refractivity contribution is 0.00694. The van der Waals surface area contributed by atoms with Gasteiger partial charge in [-0.2, -0.15) is 0 Å². The Bertz CT molecular complexity index is 1780. The summed E-state index contributed by atoms with van der Waals surface area (Å²) in [6, 6.07) is 12.2. The zero-order valence-electron chi connectivity index (χ0n) is 26.5. The lowest BCUT2D eigenvalue weighted by Crippen LogP contribution is -2.23. The van der Waals surface area contributed by atoms with E-state index in [4.69, 9.17) is 14.2 Å². The molecule has 0 bridgehead atoms. The fraction of sp³-hybridized carbons (Fsp3) is 0.417. The van der Waals surface area contributed by atoms with Crippen molar-refractivity contribution in [1.82, 2.24) is 14.1 Å². The first-order chi connectivity index (χ1) is 21.1. The summed E-state index contributed by atoms with van der Waals surface area (Å²) in [5.74, 6) is 0.357. The predicted octanol–water partition coefficient (Wildman–Crippen LogP) is 7.78. The molecule has 8 nitrogen and oxygen atoms in total. The van der Waals surface area contributed by atoms with Crippen LogP contribution in [0.5, 0.6) is 5.75 Å². The van der Waals surface area contributed by atoms with E-state index in [-0.39, 0.29) is 18.3 Å². The van der Waals surface area contributed by atoms with E-state index in [1.807, 2.05) is 50.6 Å². The highest BCUT2D eigenvalue weighted by Crippen LogP contribution is 2.48. The van der Waals surface area contributed by atoms with Crippen LogP contribution in [0.1, 0.15) is 103 Å². The number of carbonyl (C=O) groups excluding carboxylic acids is 2. The highest BCUT2D eigenvalue weighted by atomic mass is 16.6. The van der Waals surface area contributed by atoms with Crippen molar-refractivity contribution in [2.45, 2.75) is 77.9 Å². The summed E-state index contributed by atoms with van der Waals surface area (Å²) in [6.07, 6.45) is 9.69. The highest BCUT2D eigenvalue weighted by Gasteiger charge is 2.32. The minimum absolute atomic E-state index is 0.262. The summed E-state index contributed by atoms with van der Waals surface area (Å²) in [5.41, 5.74) is 7.35. The Kier molecular flexibility index (Phi) is 7.86. The van der Waals surface area contributed by atoms with Crippen molar-refractivity contribution in [2.24, 2.45) is 7.05 Å². The van der Waals surface area contributed by atoms with Gasteiger partial charge in [-0.15, -0.1) is 0 Å². The number of carbonyl (C=O) groups is 2. The van der Waals surface area contributed by atoms with Crippen molar-refractivity contribution in [1.29, 1.82) is 0 Å². The van der Waals surface area contributed by atoms with Crippen LogP contribution in [0.15, 0.2) is 42.7 Å². The van der Waals surface area contributed by atoms with Gasteiger partial charge in [-0.1, -0.05) is 25.3 Å². The van der Waals surface area contributed by atoms with Crippen molar-refractivity contribution in [3.63, 3.8) is 0 Å². The first-order valence-electron chi connectivity index (χ1n) is 15.6. The number of aromatic nitrogens is 3. The van der Waals surface area contributed by atoms with Crippen LogP contribution in [0, 0.1) is 0 Å². The number of benzene rings is 2. The highest BCUT2D eigenvalue weighted by molar-refractivity contribution is 6.03. The molecule has 4 aromatic rings. The van der Waals surface area contributed by atoms with Gasteiger partial charge < -0.3 is 23.3 Å². The van der Waals surface area contributed by atoms with Crippen LogP contribution in [-0.4, -0.2) is 45.4 Å². The number of imidazole rings is 1. The Labute approximate surface area is 258 Å². The molecule has 6 rings (SSSR count). The number of esters is 2.